The summed E-state index contributed by atoms with van der Waals surface area (Å²) >= 11 is 0. The Morgan fingerprint density at radius 1 is 0.963 bits per heavy atom. The maximum atomic E-state index is 12.4. The van der Waals surface area contributed by atoms with Crippen LogP contribution in [-0.2, 0) is 9.59 Å². The first-order chi connectivity index (χ1) is 13.2. The van der Waals surface area contributed by atoms with Crippen molar-refractivity contribution < 1.29 is 9.59 Å². The standard InChI is InChI=1S/C23H36N2O2/c1-2-3-4-5-6-7-8-9-13-16-22(26)25-18-17-20(19-25)23(27)24-21-14-11-10-12-15-21/h10-12,14-15,20H,2-9,13,16-19H2,1H3,(H,24,27). The van der Waals surface area contributed by atoms with E-state index < -0.39 is 0 Å². The summed E-state index contributed by atoms with van der Waals surface area (Å²) in [6.07, 6.45) is 12.8. The topological polar surface area (TPSA) is 49.4 Å². The van der Waals surface area contributed by atoms with E-state index in [1.807, 2.05) is 35.2 Å². The number of rotatable bonds is 12. The number of carbonyl (C=O) groups excluding carboxylic acids is 2. The fourth-order valence-electron chi connectivity index (χ4n) is 3.71. The third kappa shape index (κ3) is 8.15. The summed E-state index contributed by atoms with van der Waals surface area (Å²) < 4.78 is 0. The summed E-state index contributed by atoms with van der Waals surface area (Å²) in [5, 5.41) is 2.95. The fourth-order valence-corrected chi connectivity index (χ4v) is 3.71. The van der Waals surface area contributed by atoms with Crippen molar-refractivity contribution in [1.82, 2.24) is 4.90 Å². The Labute approximate surface area is 164 Å². The smallest absolute Gasteiger partial charge is 0.229 e. The molecule has 1 aliphatic rings. The van der Waals surface area contributed by atoms with Crippen molar-refractivity contribution in [3.05, 3.63) is 30.3 Å². The highest BCUT2D eigenvalue weighted by molar-refractivity contribution is 5.93. The first-order valence-electron chi connectivity index (χ1n) is 10.8. The van der Waals surface area contributed by atoms with Crippen LogP contribution in [0.4, 0.5) is 5.69 Å². The van der Waals surface area contributed by atoms with Crippen molar-refractivity contribution in [2.45, 2.75) is 77.6 Å². The van der Waals surface area contributed by atoms with E-state index in [0.717, 1.165) is 24.9 Å². The number of nitrogens with one attached hydrogen (secondary N) is 1. The number of para-hydroxylation sites is 1. The van der Waals surface area contributed by atoms with Crippen LogP contribution in [0.5, 0.6) is 0 Å². The lowest BCUT2D eigenvalue weighted by molar-refractivity contribution is -0.130. The monoisotopic (exact) mass is 372 g/mol. The minimum Gasteiger partial charge on any atom is -0.342 e. The summed E-state index contributed by atoms with van der Waals surface area (Å²) in [5.74, 6) is 0.157. The molecule has 0 bridgehead atoms. The molecule has 2 rings (SSSR count). The number of carbonyl (C=O) groups is 2. The van der Waals surface area contributed by atoms with Crippen molar-refractivity contribution in [3.63, 3.8) is 0 Å². The van der Waals surface area contributed by atoms with Crippen molar-refractivity contribution in [2.75, 3.05) is 18.4 Å². The van der Waals surface area contributed by atoms with Crippen LogP contribution in [0.15, 0.2) is 30.3 Å². The van der Waals surface area contributed by atoms with Gasteiger partial charge < -0.3 is 10.2 Å². The van der Waals surface area contributed by atoms with Gasteiger partial charge in [-0.25, -0.2) is 0 Å². The van der Waals surface area contributed by atoms with Gasteiger partial charge in [0.15, 0.2) is 0 Å². The van der Waals surface area contributed by atoms with Crippen molar-refractivity contribution >= 4 is 17.5 Å². The molecule has 0 spiro atoms. The normalized spacial score (nSPS) is 16.5. The zero-order chi connectivity index (χ0) is 19.3. The second-order valence-corrected chi connectivity index (χ2v) is 7.76. The molecule has 0 aliphatic carbocycles. The van der Waals surface area contributed by atoms with Crippen molar-refractivity contribution in [1.29, 1.82) is 0 Å². The lowest BCUT2D eigenvalue weighted by atomic mass is 10.1. The van der Waals surface area contributed by atoms with Gasteiger partial charge in [0.1, 0.15) is 0 Å². The second kappa shape index (κ2) is 12.5. The Kier molecular flexibility index (Phi) is 9.96. The lowest BCUT2D eigenvalue weighted by Crippen LogP contribution is -2.31. The van der Waals surface area contributed by atoms with E-state index in [2.05, 4.69) is 12.2 Å². The molecule has 1 N–H and O–H groups in total. The molecular weight excluding hydrogens is 336 g/mol. The van der Waals surface area contributed by atoms with Gasteiger partial charge in [-0.2, -0.15) is 0 Å². The van der Waals surface area contributed by atoms with Gasteiger partial charge in [-0.1, -0.05) is 76.5 Å². The van der Waals surface area contributed by atoms with E-state index in [1.54, 1.807) is 0 Å². The lowest BCUT2D eigenvalue weighted by Gasteiger charge is -2.16. The van der Waals surface area contributed by atoms with Gasteiger partial charge in [0, 0.05) is 25.2 Å². The van der Waals surface area contributed by atoms with Crippen LogP contribution in [0, 0.1) is 5.92 Å². The summed E-state index contributed by atoms with van der Waals surface area (Å²) in [5.41, 5.74) is 0.821. The highest BCUT2D eigenvalue weighted by Gasteiger charge is 2.30. The molecule has 2 amide bonds. The van der Waals surface area contributed by atoms with Crippen LogP contribution in [0.2, 0.25) is 0 Å². The van der Waals surface area contributed by atoms with E-state index in [9.17, 15) is 9.59 Å². The van der Waals surface area contributed by atoms with Crippen LogP contribution >= 0.6 is 0 Å². The average molecular weight is 373 g/mol. The van der Waals surface area contributed by atoms with Gasteiger partial charge in [-0.3, -0.25) is 9.59 Å². The molecule has 27 heavy (non-hydrogen) atoms. The minimum absolute atomic E-state index is 0.0274. The highest BCUT2D eigenvalue weighted by Crippen LogP contribution is 2.20. The number of amides is 2. The maximum absolute atomic E-state index is 12.4. The van der Waals surface area contributed by atoms with Gasteiger partial charge in [-0.15, -0.1) is 0 Å². The molecule has 1 aliphatic heterocycles. The number of nitrogens with zero attached hydrogens (tertiary/aromatic N) is 1. The molecule has 1 heterocycles. The average Bonchev–Trinajstić information content (AvgIpc) is 3.18. The van der Waals surface area contributed by atoms with Gasteiger partial charge >= 0.3 is 0 Å². The zero-order valence-electron chi connectivity index (χ0n) is 16.9. The van der Waals surface area contributed by atoms with Gasteiger partial charge in [0.2, 0.25) is 11.8 Å². The summed E-state index contributed by atoms with van der Waals surface area (Å²) in [4.78, 5) is 26.6. The predicted molar refractivity (Wildman–Crippen MR) is 112 cm³/mol. The quantitative estimate of drug-likeness (QED) is 0.500. The first-order valence-corrected chi connectivity index (χ1v) is 10.8. The SMILES string of the molecule is CCCCCCCCCCCC(=O)N1CCC(C(=O)Nc2ccccc2)C1. The molecule has 0 aromatic heterocycles. The van der Waals surface area contributed by atoms with Crippen molar-refractivity contribution in [3.8, 4) is 0 Å². The van der Waals surface area contributed by atoms with Crippen LogP contribution in [0.3, 0.4) is 0 Å². The van der Waals surface area contributed by atoms with Crippen molar-refractivity contribution in [2.24, 2.45) is 5.92 Å². The molecule has 1 unspecified atom stereocenters. The molecule has 0 radical (unpaired) electrons. The van der Waals surface area contributed by atoms with Gasteiger partial charge in [0.05, 0.1) is 5.92 Å². The predicted octanol–water partition coefficient (Wildman–Crippen LogP) is 5.39. The summed E-state index contributed by atoms with van der Waals surface area (Å²) in [7, 11) is 0. The Hall–Kier alpha value is -1.84. The molecule has 1 fully saturated rings. The summed E-state index contributed by atoms with van der Waals surface area (Å²) in [6, 6.07) is 9.52. The van der Waals surface area contributed by atoms with Crippen LogP contribution in [-0.4, -0.2) is 29.8 Å². The highest BCUT2D eigenvalue weighted by atomic mass is 16.2. The van der Waals surface area contributed by atoms with Gasteiger partial charge in [0.25, 0.3) is 0 Å². The molecule has 1 atom stereocenters. The Morgan fingerprint density at radius 2 is 1.59 bits per heavy atom. The molecule has 1 aromatic carbocycles. The second-order valence-electron chi connectivity index (χ2n) is 7.76. The number of hydrogen-bond donors (Lipinski definition) is 1. The van der Waals surface area contributed by atoms with E-state index in [0.29, 0.717) is 19.5 Å². The molecular formula is C23H36N2O2. The molecule has 4 nitrogen and oxygen atoms in total. The van der Waals surface area contributed by atoms with Crippen LogP contribution < -0.4 is 5.32 Å². The van der Waals surface area contributed by atoms with Crippen LogP contribution in [0.25, 0.3) is 0 Å². The Morgan fingerprint density at radius 3 is 2.26 bits per heavy atom. The first kappa shape index (κ1) is 21.5. The Bertz CT molecular complexity index is 559. The molecule has 4 heteroatoms. The third-order valence-electron chi connectivity index (χ3n) is 5.45. The van der Waals surface area contributed by atoms with E-state index in [-0.39, 0.29) is 17.7 Å². The number of hydrogen-bond acceptors (Lipinski definition) is 2. The van der Waals surface area contributed by atoms with E-state index in [1.165, 1.54) is 44.9 Å². The van der Waals surface area contributed by atoms with Gasteiger partial charge in [-0.05, 0) is 25.0 Å². The fraction of sp³-hybridized carbons (Fsp3) is 0.652. The van der Waals surface area contributed by atoms with Crippen LogP contribution in [0.1, 0.15) is 77.6 Å². The number of likely N-dealkylation sites (tertiary alicyclic amines) is 1. The minimum atomic E-state index is -0.0859. The zero-order valence-corrected chi connectivity index (χ0v) is 16.9. The third-order valence-corrected chi connectivity index (χ3v) is 5.45. The molecule has 0 saturated carbocycles. The largest absolute Gasteiger partial charge is 0.342 e. The Balaban J connectivity index is 1.55. The molecule has 150 valence electrons. The number of unbranched alkanes of at least 4 members (excludes halogenated alkanes) is 8. The molecule has 1 saturated heterocycles. The summed E-state index contributed by atoms with van der Waals surface area (Å²) in [6.45, 7) is 3.52. The number of anilines is 1. The maximum Gasteiger partial charge on any atom is 0.229 e. The van der Waals surface area contributed by atoms with E-state index >= 15 is 0 Å². The number of benzene rings is 1. The molecule has 1 aromatic rings. The van der Waals surface area contributed by atoms with E-state index in [4.69, 9.17) is 0 Å².